The van der Waals surface area contributed by atoms with Crippen LogP contribution in [0.15, 0.2) is 65.8 Å². The molecule has 2 atom stereocenters. The van der Waals surface area contributed by atoms with Gasteiger partial charge in [0.15, 0.2) is 0 Å². The van der Waals surface area contributed by atoms with E-state index in [-0.39, 0.29) is 0 Å². The van der Waals surface area contributed by atoms with Crippen LogP contribution in [0.2, 0.25) is 0 Å². The Bertz CT molecular complexity index is 710. The SMILES string of the molecule is CCC/C(=N/N1CCC[C@H]1COC)[C@H](CC)P(c1ccccc1)c1ccccc1. The Morgan fingerprint density at radius 1 is 1.07 bits per heavy atom. The maximum atomic E-state index is 5.46. The van der Waals surface area contributed by atoms with E-state index >= 15 is 0 Å². The van der Waals surface area contributed by atoms with Gasteiger partial charge in [-0.05, 0) is 44.2 Å². The highest BCUT2D eigenvalue weighted by atomic mass is 31.1. The molecule has 3 nitrogen and oxygen atoms in total. The van der Waals surface area contributed by atoms with Crippen LogP contribution in [-0.4, -0.2) is 42.7 Å². The molecule has 156 valence electrons. The lowest BCUT2D eigenvalue weighted by Gasteiger charge is -2.31. The second-order valence-corrected chi connectivity index (χ2v) is 10.1. The van der Waals surface area contributed by atoms with Crippen LogP contribution in [0.4, 0.5) is 0 Å². The van der Waals surface area contributed by atoms with E-state index < -0.39 is 7.92 Å². The molecule has 0 amide bonds. The van der Waals surface area contributed by atoms with E-state index in [1.54, 1.807) is 7.11 Å². The summed E-state index contributed by atoms with van der Waals surface area (Å²) in [7, 11) is 1.30. The Labute approximate surface area is 177 Å². The van der Waals surface area contributed by atoms with Crippen LogP contribution >= 0.6 is 7.92 Å². The van der Waals surface area contributed by atoms with Gasteiger partial charge in [-0.3, -0.25) is 5.01 Å². The first-order valence-electron chi connectivity index (χ1n) is 11.0. The molecule has 0 aromatic heterocycles. The summed E-state index contributed by atoms with van der Waals surface area (Å²) in [5.41, 5.74) is 1.83. The molecule has 0 aliphatic carbocycles. The van der Waals surface area contributed by atoms with Crippen LogP contribution in [0.1, 0.15) is 46.0 Å². The second-order valence-electron chi connectivity index (χ2n) is 7.72. The first-order chi connectivity index (χ1) is 14.3. The predicted octanol–water partition coefficient (Wildman–Crippen LogP) is 5.16. The van der Waals surface area contributed by atoms with Crippen molar-refractivity contribution in [3.8, 4) is 0 Å². The lowest BCUT2D eigenvalue weighted by atomic mass is 10.1. The summed E-state index contributed by atoms with van der Waals surface area (Å²) in [4.78, 5) is 0. The molecule has 3 rings (SSSR count). The van der Waals surface area contributed by atoms with E-state index in [4.69, 9.17) is 9.84 Å². The number of hydrazone groups is 1. The lowest BCUT2D eigenvalue weighted by molar-refractivity contribution is 0.117. The van der Waals surface area contributed by atoms with Crippen molar-refractivity contribution in [2.75, 3.05) is 20.3 Å². The van der Waals surface area contributed by atoms with Gasteiger partial charge < -0.3 is 4.74 Å². The third kappa shape index (κ3) is 5.68. The number of hydrogen-bond donors (Lipinski definition) is 0. The molecule has 1 aliphatic rings. The molecule has 2 aromatic carbocycles. The fourth-order valence-electron chi connectivity index (χ4n) is 4.27. The molecule has 0 unspecified atom stereocenters. The quantitative estimate of drug-likeness (QED) is 0.399. The Morgan fingerprint density at radius 2 is 1.69 bits per heavy atom. The third-order valence-electron chi connectivity index (χ3n) is 5.62. The molecule has 1 aliphatic heterocycles. The molecule has 0 saturated carbocycles. The number of ether oxygens (including phenoxy) is 1. The molecule has 1 fully saturated rings. The van der Waals surface area contributed by atoms with Crippen LogP contribution in [0.5, 0.6) is 0 Å². The standard InChI is InChI=1S/C25H35N2OP/c1-4-13-24(26-27-19-12-14-21(27)20-28-3)25(5-2)29(22-15-8-6-9-16-22)23-17-10-7-11-18-23/h6-11,15-18,21,25H,4-5,12-14,19-20H2,1-3H3/b26-24-/t21-,25-/m0/s1. The van der Waals surface area contributed by atoms with Crippen molar-refractivity contribution in [1.82, 2.24) is 5.01 Å². The maximum Gasteiger partial charge on any atom is 0.0704 e. The van der Waals surface area contributed by atoms with Gasteiger partial charge in [-0.1, -0.05) is 80.9 Å². The van der Waals surface area contributed by atoms with E-state index in [0.29, 0.717) is 11.7 Å². The molecule has 29 heavy (non-hydrogen) atoms. The van der Waals surface area contributed by atoms with Gasteiger partial charge in [-0.2, -0.15) is 5.10 Å². The van der Waals surface area contributed by atoms with E-state index in [1.807, 2.05) is 0 Å². The summed E-state index contributed by atoms with van der Waals surface area (Å²) >= 11 is 0. The van der Waals surface area contributed by atoms with Gasteiger partial charge >= 0.3 is 0 Å². The lowest BCUT2D eigenvalue weighted by Crippen LogP contribution is -2.34. The summed E-state index contributed by atoms with van der Waals surface area (Å²) < 4.78 is 5.46. The van der Waals surface area contributed by atoms with Crippen LogP contribution < -0.4 is 10.6 Å². The highest BCUT2D eigenvalue weighted by molar-refractivity contribution is 7.74. The van der Waals surface area contributed by atoms with Crippen LogP contribution in [0, 0.1) is 0 Å². The van der Waals surface area contributed by atoms with Gasteiger partial charge in [0.25, 0.3) is 0 Å². The number of nitrogens with zero attached hydrogens (tertiary/aromatic N) is 2. The zero-order valence-corrected chi connectivity index (χ0v) is 19.0. The number of benzene rings is 2. The molecule has 2 aromatic rings. The minimum absolute atomic E-state index is 0.420. The van der Waals surface area contributed by atoms with Crippen LogP contribution in [-0.2, 0) is 4.74 Å². The molecular weight excluding hydrogens is 375 g/mol. The van der Waals surface area contributed by atoms with Crippen LogP contribution in [0.3, 0.4) is 0 Å². The molecule has 4 heteroatoms. The van der Waals surface area contributed by atoms with Gasteiger partial charge in [-0.25, -0.2) is 0 Å². The van der Waals surface area contributed by atoms with Gasteiger partial charge in [0.2, 0.25) is 0 Å². The van der Waals surface area contributed by atoms with Gasteiger partial charge in [-0.15, -0.1) is 0 Å². The molecule has 1 heterocycles. The van der Waals surface area contributed by atoms with E-state index in [1.165, 1.54) is 29.2 Å². The van der Waals surface area contributed by atoms with Gasteiger partial charge in [0.05, 0.1) is 12.6 Å². The molecule has 1 saturated heterocycles. The highest BCUT2D eigenvalue weighted by Crippen LogP contribution is 2.43. The second kappa shape index (κ2) is 11.5. The van der Waals surface area contributed by atoms with Crippen molar-refractivity contribution in [3.05, 3.63) is 60.7 Å². The van der Waals surface area contributed by atoms with Crippen molar-refractivity contribution >= 4 is 24.2 Å². The van der Waals surface area contributed by atoms with Crippen LogP contribution in [0.25, 0.3) is 0 Å². The fourth-order valence-corrected chi connectivity index (χ4v) is 7.12. The summed E-state index contributed by atoms with van der Waals surface area (Å²) in [6.07, 6.45) is 5.69. The Kier molecular flexibility index (Phi) is 8.70. The van der Waals surface area contributed by atoms with Gasteiger partial charge in [0.1, 0.15) is 0 Å². The van der Waals surface area contributed by atoms with Crippen molar-refractivity contribution in [2.24, 2.45) is 5.10 Å². The zero-order chi connectivity index (χ0) is 20.5. The summed E-state index contributed by atoms with van der Waals surface area (Å²) in [5, 5.41) is 10.5. The molecule has 0 bridgehead atoms. The van der Waals surface area contributed by atoms with E-state index in [9.17, 15) is 0 Å². The van der Waals surface area contributed by atoms with Crippen molar-refractivity contribution in [1.29, 1.82) is 0 Å². The fraction of sp³-hybridized carbons (Fsp3) is 0.480. The van der Waals surface area contributed by atoms with Crippen molar-refractivity contribution in [3.63, 3.8) is 0 Å². The Hall–Kier alpha value is -1.70. The molecule has 0 N–H and O–H groups in total. The zero-order valence-electron chi connectivity index (χ0n) is 18.1. The first kappa shape index (κ1) is 22.0. The van der Waals surface area contributed by atoms with E-state index in [0.717, 1.165) is 32.4 Å². The number of rotatable bonds is 10. The largest absolute Gasteiger partial charge is 0.382 e. The highest BCUT2D eigenvalue weighted by Gasteiger charge is 2.30. The first-order valence-corrected chi connectivity index (χ1v) is 12.4. The molecule has 0 radical (unpaired) electrons. The predicted molar refractivity (Wildman–Crippen MR) is 127 cm³/mol. The van der Waals surface area contributed by atoms with Crippen molar-refractivity contribution in [2.45, 2.75) is 57.7 Å². The normalized spacial score (nSPS) is 18.4. The summed E-state index contributed by atoms with van der Waals surface area (Å²) in [6.45, 7) is 6.41. The average Bonchev–Trinajstić information content (AvgIpc) is 3.20. The minimum Gasteiger partial charge on any atom is -0.382 e. The smallest absolute Gasteiger partial charge is 0.0704 e. The summed E-state index contributed by atoms with van der Waals surface area (Å²) in [5.74, 6) is 0. The Balaban J connectivity index is 1.99. The number of methoxy groups -OCH3 is 1. The monoisotopic (exact) mass is 410 g/mol. The molecular formula is C25H35N2OP. The third-order valence-corrected chi connectivity index (χ3v) is 8.62. The van der Waals surface area contributed by atoms with Crippen molar-refractivity contribution < 1.29 is 4.74 Å². The minimum atomic E-state index is -0.496. The van der Waals surface area contributed by atoms with E-state index in [2.05, 4.69) is 79.5 Å². The Morgan fingerprint density at radius 3 is 2.21 bits per heavy atom. The maximum absolute atomic E-state index is 5.46. The molecule has 0 spiro atoms. The number of hydrogen-bond acceptors (Lipinski definition) is 3. The summed E-state index contributed by atoms with van der Waals surface area (Å²) in [6, 6.07) is 22.5. The van der Waals surface area contributed by atoms with Gasteiger partial charge in [0, 0.05) is 25.0 Å². The topological polar surface area (TPSA) is 24.8 Å². The average molecular weight is 411 g/mol.